The topological polar surface area (TPSA) is 52.3 Å². The Morgan fingerprint density at radius 2 is 2.06 bits per heavy atom. The van der Waals surface area contributed by atoms with E-state index in [0.717, 1.165) is 17.5 Å². The molecule has 0 aliphatic carbocycles. The highest BCUT2D eigenvalue weighted by Crippen LogP contribution is 2.27. The molecule has 3 heteroatoms. The number of rotatable bonds is 5. The molecule has 2 N–H and O–H groups in total. The van der Waals surface area contributed by atoms with Crippen LogP contribution in [0.15, 0.2) is 12.1 Å². The number of aryl methyl sites for hydroxylation is 1. The van der Waals surface area contributed by atoms with E-state index in [1.807, 2.05) is 26.8 Å². The Kier molecular flexibility index (Phi) is 4.70. The maximum absolute atomic E-state index is 12.2. The van der Waals surface area contributed by atoms with Gasteiger partial charge in [-0.25, -0.2) is 0 Å². The van der Waals surface area contributed by atoms with E-state index in [1.165, 1.54) is 0 Å². The molecule has 0 amide bonds. The number of carbonyl (C=O) groups is 1. The number of methoxy groups -OCH3 is 1. The normalized spacial score (nSPS) is 12.3. The number of ketones is 1. The summed E-state index contributed by atoms with van der Waals surface area (Å²) in [5.41, 5.74) is 8.58. The van der Waals surface area contributed by atoms with Gasteiger partial charge < -0.3 is 10.5 Å². The molecule has 17 heavy (non-hydrogen) atoms. The zero-order valence-electron chi connectivity index (χ0n) is 11.0. The molecule has 0 radical (unpaired) electrons. The molecule has 0 fully saturated rings. The van der Waals surface area contributed by atoms with Crippen LogP contribution in [0.2, 0.25) is 0 Å². The second kappa shape index (κ2) is 5.82. The zero-order valence-corrected chi connectivity index (χ0v) is 11.0. The molecule has 1 unspecified atom stereocenters. The van der Waals surface area contributed by atoms with Gasteiger partial charge in [0.1, 0.15) is 5.75 Å². The van der Waals surface area contributed by atoms with Crippen LogP contribution >= 0.6 is 0 Å². The minimum absolute atomic E-state index is 0.0354. The van der Waals surface area contributed by atoms with Crippen LogP contribution < -0.4 is 10.5 Å². The average molecular weight is 235 g/mol. The lowest BCUT2D eigenvalue weighted by atomic mass is 9.96. The van der Waals surface area contributed by atoms with Crippen molar-refractivity contribution in [2.75, 3.05) is 7.11 Å². The highest BCUT2D eigenvalue weighted by atomic mass is 16.5. The van der Waals surface area contributed by atoms with Crippen molar-refractivity contribution in [3.05, 3.63) is 28.8 Å². The lowest BCUT2D eigenvalue weighted by Crippen LogP contribution is -2.30. The van der Waals surface area contributed by atoms with Crippen LogP contribution in [0.4, 0.5) is 0 Å². The second-order valence-electron chi connectivity index (χ2n) is 4.35. The third-order valence-corrected chi connectivity index (χ3v) is 3.08. The van der Waals surface area contributed by atoms with Crippen molar-refractivity contribution in [1.82, 2.24) is 0 Å². The van der Waals surface area contributed by atoms with E-state index in [0.29, 0.717) is 17.7 Å². The fraction of sp³-hybridized carbons (Fsp3) is 0.500. The zero-order chi connectivity index (χ0) is 13.0. The summed E-state index contributed by atoms with van der Waals surface area (Å²) >= 11 is 0. The molecular weight excluding hydrogens is 214 g/mol. The monoisotopic (exact) mass is 235 g/mol. The van der Waals surface area contributed by atoms with Gasteiger partial charge >= 0.3 is 0 Å². The lowest BCUT2D eigenvalue weighted by molar-refractivity contribution is 0.0953. The first-order chi connectivity index (χ1) is 8.02. The maximum atomic E-state index is 12.2. The fourth-order valence-corrected chi connectivity index (χ4v) is 1.89. The minimum atomic E-state index is -0.434. The quantitative estimate of drug-likeness (QED) is 0.798. The van der Waals surface area contributed by atoms with E-state index in [9.17, 15) is 4.79 Å². The molecule has 1 aromatic rings. The molecule has 94 valence electrons. The first kappa shape index (κ1) is 13.7. The Balaban J connectivity index is 3.14. The minimum Gasteiger partial charge on any atom is -0.496 e. The van der Waals surface area contributed by atoms with Crippen molar-refractivity contribution in [3.8, 4) is 5.75 Å². The lowest BCUT2D eigenvalue weighted by Gasteiger charge is -2.15. The molecule has 3 nitrogen and oxygen atoms in total. The number of nitrogens with two attached hydrogens (primary N) is 1. The molecule has 0 bridgehead atoms. The summed E-state index contributed by atoms with van der Waals surface area (Å²) in [7, 11) is 1.59. The van der Waals surface area contributed by atoms with Crippen LogP contribution in [0.5, 0.6) is 5.75 Å². The molecule has 0 saturated carbocycles. The average Bonchev–Trinajstić information content (AvgIpc) is 2.31. The van der Waals surface area contributed by atoms with E-state index < -0.39 is 6.04 Å². The Labute approximate surface area is 103 Å². The first-order valence-corrected chi connectivity index (χ1v) is 5.96. The summed E-state index contributed by atoms with van der Waals surface area (Å²) in [5.74, 6) is 0.619. The summed E-state index contributed by atoms with van der Waals surface area (Å²) in [5, 5.41) is 0. The van der Waals surface area contributed by atoms with Crippen molar-refractivity contribution >= 4 is 5.78 Å². The molecule has 0 aliphatic heterocycles. The summed E-state index contributed by atoms with van der Waals surface area (Å²) in [6, 6.07) is 3.30. The number of ether oxygens (including phenoxy) is 1. The SMILES string of the molecule is CCCC(N)C(=O)c1ccc(C)c(C)c1OC. The van der Waals surface area contributed by atoms with Crippen LogP contribution in [0.25, 0.3) is 0 Å². The van der Waals surface area contributed by atoms with Crippen LogP contribution in [-0.2, 0) is 0 Å². The van der Waals surface area contributed by atoms with Crippen molar-refractivity contribution in [1.29, 1.82) is 0 Å². The van der Waals surface area contributed by atoms with Crippen molar-refractivity contribution in [2.45, 2.75) is 39.7 Å². The van der Waals surface area contributed by atoms with Gasteiger partial charge in [0.2, 0.25) is 0 Å². The van der Waals surface area contributed by atoms with E-state index in [4.69, 9.17) is 10.5 Å². The van der Waals surface area contributed by atoms with Crippen molar-refractivity contribution < 1.29 is 9.53 Å². The first-order valence-electron chi connectivity index (χ1n) is 5.96. The molecule has 1 aromatic carbocycles. The van der Waals surface area contributed by atoms with Crippen LogP contribution in [-0.4, -0.2) is 18.9 Å². The van der Waals surface area contributed by atoms with Gasteiger partial charge in [0.15, 0.2) is 5.78 Å². The van der Waals surface area contributed by atoms with Gasteiger partial charge in [-0.2, -0.15) is 0 Å². The highest BCUT2D eigenvalue weighted by Gasteiger charge is 2.20. The molecule has 0 aliphatic rings. The van der Waals surface area contributed by atoms with Gasteiger partial charge in [-0.1, -0.05) is 19.4 Å². The summed E-state index contributed by atoms with van der Waals surface area (Å²) in [4.78, 5) is 12.2. The van der Waals surface area contributed by atoms with E-state index in [-0.39, 0.29) is 5.78 Å². The third-order valence-electron chi connectivity index (χ3n) is 3.08. The number of benzene rings is 1. The van der Waals surface area contributed by atoms with E-state index in [1.54, 1.807) is 13.2 Å². The Bertz CT molecular complexity index is 413. The molecule has 1 atom stereocenters. The van der Waals surface area contributed by atoms with Gasteiger partial charge in [-0.15, -0.1) is 0 Å². The third kappa shape index (κ3) is 2.86. The van der Waals surface area contributed by atoms with Crippen LogP contribution in [0.3, 0.4) is 0 Å². The van der Waals surface area contributed by atoms with E-state index >= 15 is 0 Å². The Hall–Kier alpha value is -1.35. The molecule has 0 aromatic heterocycles. The molecule has 1 rings (SSSR count). The molecule has 0 spiro atoms. The standard InChI is InChI=1S/C14H21NO2/c1-5-6-12(15)13(16)11-8-7-9(2)10(3)14(11)17-4/h7-8,12H,5-6,15H2,1-4H3. The molecular formula is C14H21NO2. The van der Waals surface area contributed by atoms with Gasteiger partial charge in [0.25, 0.3) is 0 Å². The van der Waals surface area contributed by atoms with Gasteiger partial charge in [-0.3, -0.25) is 4.79 Å². The smallest absolute Gasteiger partial charge is 0.183 e. The fourth-order valence-electron chi connectivity index (χ4n) is 1.89. The van der Waals surface area contributed by atoms with Crippen LogP contribution in [0.1, 0.15) is 41.3 Å². The number of hydrogen-bond donors (Lipinski definition) is 1. The summed E-state index contributed by atoms with van der Waals surface area (Å²) in [6.45, 7) is 5.97. The maximum Gasteiger partial charge on any atom is 0.183 e. The Morgan fingerprint density at radius 3 is 2.59 bits per heavy atom. The largest absolute Gasteiger partial charge is 0.496 e. The Morgan fingerprint density at radius 1 is 1.41 bits per heavy atom. The van der Waals surface area contributed by atoms with Crippen molar-refractivity contribution in [3.63, 3.8) is 0 Å². The molecule has 0 saturated heterocycles. The summed E-state index contributed by atoms with van der Waals surface area (Å²) in [6.07, 6.45) is 1.61. The predicted molar refractivity (Wildman–Crippen MR) is 69.7 cm³/mol. The highest BCUT2D eigenvalue weighted by molar-refractivity contribution is 6.02. The van der Waals surface area contributed by atoms with Crippen molar-refractivity contribution in [2.24, 2.45) is 5.73 Å². The number of carbonyl (C=O) groups excluding carboxylic acids is 1. The predicted octanol–water partition coefficient (Wildman–Crippen LogP) is 2.62. The second-order valence-corrected chi connectivity index (χ2v) is 4.35. The number of Topliss-reactive ketones (excluding diaryl/α,β-unsaturated/α-hetero) is 1. The van der Waals surface area contributed by atoms with Gasteiger partial charge in [0, 0.05) is 0 Å². The van der Waals surface area contributed by atoms with Crippen LogP contribution in [0, 0.1) is 13.8 Å². The van der Waals surface area contributed by atoms with Gasteiger partial charge in [0.05, 0.1) is 18.7 Å². The summed E-state index contributed by atoms with van der Waals surface area (Å²) < 4.78 is 5.33. The van der Waals surface area contributed by atoms with Gasteiger partial charge in [-0.05, 0) is 37.5 Å². The molecule has 0 heterocycles. The number of hydrogen-bond acceptors (Lipinski definition) is 3. The van der Waals surface area contributed by atoms with E-state index in [2.05, 4.69) is 0 Å².